The highest BCUT2D eigenvalue weighted by atomic mass is 35.5. The van der Waals surface area contributed by atoms with E-state index in [1.165, 1.54) is 17.7 Å². The molecule has 0 N–H and O–H groups in total. The molecule has 6 heteroatoms. The summed E-state index contributed by atoms with van der Waals surface area (Å²) in [7, 11) is 0. The van der Waals surface area contributed by atoms with Crippen molar-refractivity contribution >= 4 is 29.2 Å². The van der Waals surface area contributed by atoms with Crippen LogP contribution in [0.3, 0.4) is 0 Å². The summed E-state index contributed by atoms with van der Waals surface area (Å²) in [5.74, 6) is 0. The Labute approximate surface area is 163 Å². The molecule has 5 nitrogen and oxygen atoms in total. The number of aryl methyl sites for hydroxylation is 2. The van der Waals surface area contributed by atoms with Gasteiger partial charge in [-0.15, -0.1) is 0 Å². The van der Waals surface area contributed by atoms with E-state index in [1.54, 1.807) is 12.3 Å². The van der Waals surface area contributed by atoms with Crippen molar-refractivity contribution in [1.82, 2.24) is 4.57 Å². The first-order chi connectivity index (χ1) is 12.9. The molecular weight excluding hydrogens is 362 g/mol. The molecule has 1 heterocycles. The number of hydrogen-bond donors (Lipinski definition) is 0. The predicted molar refractivity (Wildman–Crippen MR) is 110 cm³/mol. The molecule has 0 aliphatic rings. The summed E-state index contributed by atoms with van der Waals surface area (Å²) in [4.78, 5) is 14.9. The Balaban J connectivity index is 1.99. The second kappa shape index (κ2) is 7.76. The zero-order valence-corrected chi connectivity index (χ0v) is 16.2. The number of aliphatic imine (C=N–C) groups is 1. The van der Waals surface area contributed by atoms with E-state index in [9.17, 15) is 10.1 Å². The van der Waals surface area contributed by atoms with Gasteiger partial charge >= 0.3 is 0 Å². The second-order valence-corrected chi connectivity index (χ2v) is 6.70. The molecule has 0 amide bonds. The van der Waals surface area contributed by atoms with Crippen molar-refractivity contribution in [1.29, 1.82) is 0 Å². The minimum absolute atomic E-state index is 0.105. The number of hydrogen-bond acceptors (Lipinski definition) is 3. The normalized spacial score (nSPS) is 11.3. The molecule has 0 radical (unpaired) electrons. The van der Waals surface area contributed by atoms with Crippen molar-refractivity contribution in [2.45, 2.75) is 27.2 Å². The fraction of sp³-hybridized carbons (Fsp3) is 0.190. The number of nitrogens with zero attached hydrogens (tertiary/aromatic N) is 3. The van der Waals surface area contributed by atoms with Crippen molar-refractivity contribution in [3.05, 3.63) is 86.2 Å². The molecule has 2 aromatic carbocycles. The first-order valence-electron chi connectivity index (χ1n) is 8.67. The number of benzene rings is 2. The lowest BCUT2D eigenvalue weighted by molar-refractivity contribution is -0.384. The molecule has 0 aliphatic carbocycles. The summed E-state index contributed by atoms with van der Waals surface area (Å²) < 4.78 is 2.21. The minimum Gasteiger partial charge on any atom is -0.318 e. The summed E-state index contributed by atoms with van der Waals surface area (Å²) in [5.41, 5.74) is 5.93. The number of halogens is 1. The topological polar surface area (TPSA) is 60.4 Å². The quantitative estimate of drug-likeness (QED) is 0.310. The summed E-state index contributed by atoms with van der Waals surface area (Å²) in [6.45, 7) is 6.25. The standard InChI is InChI=1S/C21H20ClN3O2/c1-4-16-7-5-6-8-20(16)24-14(2)11-17(15(24)3)13-23-18-9-10-19(22)21(12-18)25(26)27/h5-13H,4H2,1-3H3. The smallest absolute Gasteiger partial charge is 0.290 e. The number of aromatic nitrogens is 1. The lowest BCUT2D eigenvalue weighted by Gasteiger charge is -2.13. The lowest BCUT2D eigenvalue weighted by atomic mass is 10.1. The third-order valence-corrected chi connectivity index (χ3v) is 4.88. The average molecular weight is 382 g/mol. The maximum Gasteiger partial charge on any atom is 0.290 e. The van der Waals surface area contributed by atoms with E-state index >= 15 is 0 Å². The van der Waals surface area contributed by atoms with E-state index in [2.05, 4.69) is 41.6 Å². The molecular formula is C21H20ClN3O2. The number of rotatable bonds is 5. The zero-order valence-electron chi connectivity index (χ0n) is 15.4. The Morgan fingerprint density at radius 2 is 1.93 bits per heavy atom. The molecule has 27 heavy (non-hydrogen) atoms. The Kier molecular flexibility index (Phi) is 5.42. The Morgan fingerprint density at radius 1 is 1.19 bits per heavy atom. The van der Waals surface area contributed by atoms with Gasteiger partial charge in [0.25, 0.3) is 5.69 Å². The van der Waals surface area contributed by atoms with Crippen LogP contribution in [0.1, 0.15) is 29.4 Å². The van der Waals surface area contributed by atoms with Gasteiger partial charge in [-0.1, -0.05) is 36.7 Å². The number of para-hydroxylation sites is 1. The summed E-state index contributed by atoms with van der Waals surface area (Å²) in [5, 5.41) is 11.1. The molecule has 3 rings (SSSR count). The van der Waals surface area contributed by atoms with Crippen LogP contribution in [-0.4, -0.2) is 15.7 Å². The summed E-state index contributed by atoms with van der Waals surface area (Å²) in [6, 6.07) is 14.9. The van der Waals surface area contributed by atoms with Crippen molar-refractivity contribution in [3.63, 3.8) is 0 Å². The highest BCUT2D eigenvalue weighted by Gasteiger charge is 2.14. The average Bonchev–Trinajstić information content (AvgIpc) is 2.94. The Morgan fingerprint density at radius 3 is 2.63 bits per heavy atom. The van der Waals surface area contributed by atoms with Gasteiger partial charge in [-0.05, 0) is 50.1 Å². The van der Waals surface area contributed by atoms with Gasteiger partial charge in [0.2, 0.25) is 0 Å². The van der Waals surface area contributed by atoms with Gasteiger partial charge in [-0.3, -0.25) is 15.1 Å². The molecule has 0 saturated heterocycles. The van der Waals surface area contributed by atoms with Gasteiger partial charge in [0, 0.05) is 34.9 Å². The largest absolute Gasteiger partial charge is 0.318 e. The molecule has 0 atom stereocenters. The predicted octanol–water partition coefficient (Wildman–Crippen LogP) is 5.97. The molecule has 0 fully saturated rings. The van der Waals surface area contributed by atoms with Gasteiger partial charge < -0.3 is 4.57 Å². The third kappa shape index (κ3) is 3.78. The van der Waals surface area contributed by atoms with E-state index in [0.717, 1.165) is 29.1 Å². The molecule has 0 unspecified atom stereocenters. The summed E-state index contributed by atoms with van der Waals surface area (Å²) >= 11 is 5.86. The van der Waals surface area contributed by atoms with Crippen LogP contribution in [0.25, 0.3) is 5.69 Å². The first kappa shape index (κ1) is 18.9. The van der Waals surface area contributed by atoms with E-state index < -0.39 is 4.92 Å². The van der Waals surface area contributed by atoms with E-state index in [1.807, 2.05) is 19.1 Å². The van der Waals surface area contributed by atoms with Crippen LogP contribution >= 0.6 is 11.6 Å². The van der Waals surface area contributed by atoms with Crippen molar-refractivity contribution in [2.75, 3.05) is 0 Å². The molecule has 0 saturated carbocycles. The van der Waals surface area contributed by atoms with Crippen LogP contribution in [0.5, 0.6) is 0 Å². The fourth-order valence-electron chi connectivity index (χ4n) is 3.18. The minimum atomic E-state index is -0.505. The zero-order chi connectivity index (χ0) is 19.6. The van der Waals surface area contributed by atoms with Gasteiger partial charge in [0.05, 0.1) is 10.6 Å². The van der Waals surface area contributed by atoms with Crippen molar-refractivity contribution < 1.29 is 4.92 Å². The van der Waals surface area contributed by atoms with E-state index in [-0.39, 0.29) is 10.7 Å². The Hall–Kier alpha value is -2.92. The van der Waals surface area contributed by atoms with Crippen LogP contribution in [0.15, 0.2) is 53.5 Å². The van der Waals surface area contributed by atoms with E-state index in [4.69, 9.17) is 11.6 Å². The highest BCUT2D eigenvalue weighted by molar-refractivity contribution is 6.32. The lowest BCUT2D eigenvalue weighted by Crippen LogP contribution is -2.03. The first-order valence-corrected chi connectivity index (χ1v) is 9.05. The SMILES string of the molecule is CCc1ccccc1-n1c(C)cc(C=Nc2ccc(Cl)c([N+](=O)[O-])c2)c1C. The molecule has 0 aliphatic heterocycles. The van der Waals surface area contributed by atoms with Crippen molar-refractivity contribution in [2.24, 2.45) is 4.99 Å². The monoisotopic (exact) mass is 381 g/mol. The van der Waals surface area contributed by atoms with Crippen LogP contribution in [-0.2, 0) is 6.42 Å². The maximum absolute atomic E-state index is 11.0. The Bertz CT molecular complexity index is 1040. The number of nitro benzene ring substituents is 1. The van der Waals surface area contributed by atoms with Crippen LogP contribution in [0.4, 0.5) is 11.4 Å². The number of nitro groups is 1. The second-order valence-electron chi connectivity index (χ2n) is 6.30. The van der Waals surface area contributed by atoms with Crippen LogP contribution in [0.2, 0.25) is 5.02 Å². The van der Waals surface area contributed by atoms with Crippen LogP contribution < -0.4 is 0 Å². The molecule has 138 valence electrons. The maximum atomic E-state index is 11.0. The van der Waals surface area contributed by atoms with Crippen LogP contribution in [0, 0.1) is 24.0 Å². The van der Waals surface area contributed by atoms with Gasteiger partial charge in [0.1, 0.15) is 5.02 Å². The molecule has 1 aromatic heterocycles. The van der Waals surface area contributed by atoms with Gasteiger partial charge in [0.15, 0.2) is 0 Å². The molecule has 3 aromatic rings. The summed E-state index contributed by atoms with van der Waals surface area (Å²) in [6.07, 6.45) is 2.69. The highest BCUT2D eigenvalue weighted by Crippen LogP contribution is 2.29. The molecule has 0 spiro atoms. The van der Waals surface area contributed by atoms with Gasteiger partial charge in [-0.25, -0.2) is 0 Å². The fourth-order valence-corrected chi connectivity index (χ4v) is 3.37. The third-order valence-electron chi connectivity index (χ3n) is 4.56. The molecule has 0 bridgehead atoms. The van der Waals surface area contributed by atoms with Crippen molar-refractivity contribution in [3.8, 4) is 5.69 Å². The van der Waals surface area contributed by atoms with E-state index in [0.29, 0.717) is 5.69 Å². The van der Waals surface area contributed by atoms with Gasteiger partial charge in [-0.2, -0.15) is 0 Å².